The van der Waals surface area contributed by atoms with Crippen LogP contribution in [0.2, 0.25) is 0 Å². The number of benzene rings is 1. The van der Waals surface area contributed by atoms with Gasteiger partial charge in [0.15, 0.2) is 6.23 Å². The average molecular weight is 446 g/mol. The standard InChI is InChI=1S/C21H26N4O7/c26-12-15-17(27)18(28)20(32-15)25-6-5-16(23-21(25)30)22-19(29)14-3-1-13(2-4-14)11-24-7-9-31-10-8-24/h1-6,15,17-18,20,26-28H,7-12H2,(H,22,23,29,30)/t15-,17-,18-,20-/m1/s1. The van der Waals surface area contributed by atoms with Gasteiger partial charge in [-0.3, -0.25) is 14.3 Å². The molecule has 32 heavy (non-hydrogen) atoms. The van der Waals surface area contributed by atoms with Gasteiger partial charge in [-0.1, -0.05) is 12.1 Å². The molecular formula is C21H26N4O7. The number of aliphatic hydroxyl groups excluding tert-OH is 3. The molecule has 4 rings (SSSR count). The summed E-state index contributed by atoms with van der Waals surface area (Å²) >= 11 is 0. The summed E-state index contributed by atoms with van der Waals surface area (Å²) < 4.78 is 11.7. The largest absolute Gasteiger partial charge is 0.394 e. The van der Waals surface area contributed by atoms with Gasteiger partial charge in [0.05, 0.1) is 19.8 Å². The lowest BCUT2D eigenvalue weighted by molar-refractivity contribution is -0.0549. The normalized spacial score (nSPS) is 26.2. The molecule has 4 atom stereocenters. The van der Waals surface area contributed by atoms with Crippen LogP contribution in [-0.4, -0.2) is 86.9 Å². The summed E-state index contributed by atoms with van der Waals surface area (Å²) in [6.07, 6.45) is -3.62. The fourth-order valence-electron chi connectivity index (χ4n) is 3.75. The van der Waals surface area contributed by atoms with Crippen LogP contribution in [0, 0.1) is 0 Å². The predicted molar refractivity (Wildman–Crippen MR) is 112 cm³/mol. The maximum Gasteiger partial charge on any atom is 0.351 e. The van der Waals surface area contributed by atoms with Crippen LogP contribution in [0.15, 0.2) is 41.3 Å². The number of amides is 1. The van der Waals surface area contributed by atoms with Crippen molar-refractivity contribution in [3.63, 3.8) is 0 Å². The number of carbonyl (C=O) groups excluding carboxylic acids is 1. The van der Waals surface area contributed by atoms with E-state index < -0.39 is 42.7 Å². The molecule has 172 valence electrons. The van der Waals surface area contributed by atoms with E-state index in [4.69, 9.17) is 9.47 Å². The minimum Gasteiger partial charge on any atom is -0.394 e. The van der Waals surface area contributed by atoms with Crippen molar-refractivity contribution in [3.8, 4) is 0 Å². The van der Waals surface area contributed by atoms with Gasteiger partial charge in [0.25, 0.3) is 5.91 Å². The second-order valence-electron chi connectivity index (χ2n) is 7.77. The molecule has 2 aliphatic rings. The van der Waals surface area contributed by atoms with E-state index in [1.165, 1.54) is 12.3 Å². The van der Waals surface area contributed by atoms with Crippen LogP contribution in [0.5, 0.6) is 0 Å². The topological polar surface area (TPSA) is 146 Å². The maximum absolute atomic E-state index is 12.5. The number of hydrogen-bond donors (Lipinski definition) is 4. The number of ether oxygens (including phenoxy) is 2. The summed E-state index contributed by atoms with van der Waals surface area (Å²) in [6.45, 7) is 3.48. The molecule has 4 N–H and O–H groups in total. The lowest BCUT2D eigenvalue weighted by Gasteiger charge is -2.26. The molecule has 1 amide bonds. The number of carbonyl (C=O) groups is 1. The zero-order valence-electron chi connectivity index (χ0n) is 17.3. The van der Waals surface area contributed by atoms with Crippen LogP contribution in [0.4, 0.5) is 5.82 Å². The number of nitrogens with zero attached hydrogens (tertiary/aromatic N) is 3. The number of morpholine rings is 1. The van der Waals surface area contributed by atoms with Gasteiger partial charge in [-0.25, -0.2) is 4.79 Å². The van der Waals surface area contributed by atoms with E-state index in [0.29, 0.717) is 5.56 Å². The molecule has 1 aromatic heterocycles. The molecule has 2 fully saturated rings. The summed E-state index contributed by atoms with van der Waals surface area (Å²) in [5.74, 6) is -0.374. The molecule has 3 heterocycles. The third-order valence-electron chi connectivity index (χ3n) is 5.59. The minimum atomic E-state index is -1.40. The van der Waals surface area contributed by atoms with Crippen molar-refractivity contribution < 1.29 is 29.6 Å². The summed E-state index contributed by atoms with van der Waals surface area (Å²) in [5.41, 5.74) is 0.728. The van der Waals surface area contributed by atoms with Crippen LogP contribution in [0.1, 0.15) is 22.1 Å². The van der Waals surface area contributed by atoms with E-state index in [2.05, 4.69) is 15.2 Å². The Morgan fingerprint density at radius 1 is 1.12 bits per heavy atom. The SMILES string of the molecule is O=C(Nc1ccn([C@@H]2O[C@H](CO)[C@@H](O)[C@H]2O)c(=O)n1)c1ccc(CN2CCOCC2)cc1. The van der Waals surface area contributed by atoms with Gasteiger partial charge in [-0.2, -0.15) is 4.98 Å². The van der Waals surface area contributed by atoms with Gasteiger partial charge < -0.3 is 30.1 Å². The lowest BCUT2D eigenvalue weighted by Crippen LogP contribution is -2.36. The van der Waals surface area contributed by atoms with E-state index in [0.717, 1.165) is 43.0 Å². The molecule has 0 saturated carbocycles. The molecule has 2 aliphatic heterocycles. The van der Waals surface area contributed by atoms with Crippen LogP contribution in [0.3, 0.4) is 0 Å². The van der Waals surface area contributed by atoms with Gasteiger partial charge in [0.1, 0.15) is 24.1 Å². The predicted octanol–water partition coefficient (Wildman–Crippen LogP) is -1.06. The molecule has 0 radical (unpaired) electrons. The number of rotatable bonds is 6. The van der Waals surface area contributed by atoms with Crippen molar-refractivity contribution in [1.82, 2.24) is 14.5 Å². The second kappa shape index (κ2) is 9.86. The molecule has 0 spiro atoms. The fraction of sp³-hybridized carbons (Fsp3) is 0.476. The molecule has 1 aromatic carbocycles. The molecule has 2 saturated heterocycles. The Morgan fingerprint density at radius 2 is 1.84 bits per heavy atom. The second-order valence-corrected chi connectivity index (χ2v) is 7.77. The van der Waals surface area contributed by atoms with Crippen LogP contribution >= 0.6 is 0 Å². The van der Waals surface area contributed by atoms with Crippen molar-refractivity contribution in [2.45, 2.75) is 31.1 Å². The first kappa shape index (κ1) is 22.5. The van der Waals surface area contributed by atoms with Gasteiger partial charge in [0, 0.05) is 31.4 Å². The third-order valence-corrected chi connectivity index (χ3v) is 5.59. The molecule has 2 aromatic rings. The van der Waals surface area contributed by atoms with E-state index in [-0.39, 0.29) is 5.82 Å². The van der Waals surface area contributed by atoms with Crippen LogP contribution in [0.25, 0.3) is 0 Å². The monoisotopic (exact) mass is 446 g/mol. The summed E-state index contributed by atoms with van der Waals surface area (Å²) in [5, 5.41) is 31.7. The number of aliphatic hydroxyl groups is 3. The fourth-order valence-corrected chi connectivity index (χ4v) is 3.75. The molecule has 0 aliphatic carbocycles. The Kier molecular flexibility index (Phi) is 6.94. The highest BCUT2D eigenvalue weighted by Crippen LogP contribution is 2.28. The maximum atomic E-state index is 12.5. The number of anilines is 1. The Labute approximate surface area is 183 Å². The average Bonchev–Trinajstić information content (AvgIpc) is 3.09. The summed E-state index contributed by atoms with van der Waals surface area (Å²) in [6, 6.07) is 8.59. The number of hydrogen-bond acceptors (Lipinski definition) is 9. The van der Waals surface area contributed by atoms with E-state index in [9.17, 15) is 24.9 Å². The van der Waals surface area contributed by atoms with E-state index in [1.807, 2.05) is 12.1 Å². The Balaban J connectivity index is 1.39. The molecule has 0 bridgehead atoms. The smallest absolute Gasteiger partial charge is 0.351 e. The Bertz CT molecular complexity index is 990. The first-order chi connectivity index (χ1) is 15.5. The van der Waals surface area contributed by atoms with Gasteiger partial charge in [-0.05, 0) is 23.8 Å². The van der Waals surface area contributed by atoms with Crippen molar-refractivity contribution in [1.29, 1.82) is 0 Å². The third kappa shape index (κ3) is 4.88. The molecule has 11 nitrogen and oxygen atoms in total. The van der Waals surface area contributed by atoms with Crippen molar-refractivity contribution in [2.75, 3.05) is 38.2 Å². The molecular weight excluding hydrogens is 420 g/mol. The first-order valence-corrected chi connectivity index (χ1v) is 10.4. The summed E-state index contributed by atoms with van der Waals surface area (Å²) in [7, 11) is 0. The number of nitrogens with one attached hydrogen (secondary N) is 1. The molecule has 0 unspecified atom stereocenters. The Morgan fingerprint density at radius 3 is 2.47 bits per heavy atom. The van der Waals surface area contributed by atoms with Crippen molar-refractivity contribution in [2.24, 2.45) is 0 Å². The number of aromatic nitrogens is 2. The van der Waals surface area contributed by atoms with E-state index >= 15 is 0 Å². The highest BCUT2D eigenvalue weighted by Gasteiger charge is 2.43. The Hall–Kier alpha value is -2.67. The zero-order chi connectivity index (χ0) is 22.7. The van der Waals surface area contributed by atoms with Crippen molar-refractivity contribution in [3.05, 3.63) is 58.1 Å². The zero-order valence-corrected chi connectivity index (χ0v) is 17.3. The minimum absolute atomic E-state index is 0.0420. The van der Waals surface area contributed by atoms with Gasteiger partial charge in [-0.15, -0.1) is 0 Å². The van der Waals surface area contributed by atoms with Crippen LogP contribution < -0.4 is 11.0 Å². The highest BCUT2D eigenvalue weighted by molar-refractivity contribution is 6.03. The highest BCUT2D eigenvalue weighted by atomic mass is 16.6. The van der Waals surface area contributed by atoms with Gasteiger partial charge >= 0.3 is 5.69 Å². The molecule has 11 heteroatoms. The van der Waals surface area contributed by atoms with Gasteiger partial charge in [0.2, 0.25) is 0 Å². The van der Waals surface area contributed by atoms with Crippen molar-refractivity contribution >= 4 is 11.7 Å². The van der Waals surface area contributed by atoms with Crippen LogP contribution in [-0.2, 0) is 16.0 Å². The van der Waals surface area contributed by atoms with E-state index in [1.54, 1.807) is 12.1 Å². The summed E-state index contributed by atoms with van der Waals surface area (Å²) in [4.78, 5) is 31.0. The quantitative estimate of drug-likeness (QED) is 0.436. The lowest BCUT2D eigenvalue weighted by atomic mass is 10.1. The first-order valence-electron chi connectivity index (χ1n) is 10.4.